The Morgan fingerprint density at radius 3 is 2.24 bits per heavy atom. The molecule has 10 heteroatoms. The fourth-order valence-corrected chi connectivity index (χ4v) is 1.72. The number of esters is 1. The van der Waals surface area contributed by atoms with Gasteiger partial charge < -0.3 is 10.5 Å². The van der Waals surface area contributed by atoms with E-state index in [9.17, 15) is 27.6 Å². The van der Waals surface area contributed by atoms with Crippen molar-refractivity contribution in [3.8, 4) is 0 Å². The number of primary amides is 1. The fraction of sp³-hybridized carbons (Fsp3) is 0.182. The van der Waals surface area contributed by atoms with E-state index in [0.29, 0.717) is 0 Å². The van der Waals surface area contributed by atoms with Crippen LogP contribution in [0, 0.1) is 0 Å². The average Bonchev–Trinajstić information content (AvgIpc) is 2.34. The maximum Gasteiger partial charge on any atom is 0.446 e. The second-order valence-electron chi connectivity index (χ2n) is 3.56. The minimum Gasteiger partial charge on any atom is -0.452 e. The highest BCUT2D eigenvalue weighted by atomic mass is 32.2. The van der Waals surface area contributed by atoms with E-state index in [4.69, 9.17) is 0 Å². The summed E-state index contributed by atoms with van der Waals surface area (Å²) in [6.45, 7) is -0.735. The third kappa shape index (κ3) is 6.65. The van der Waals surface area contributed by atoms with Crippen LogP contribution in [0.5, 0.6) is 0 Å². The first-order valence-corrected chi connectivity index (χ1v) is 6.11. The Labute approximate surface area is 120 Å². The van der Waals surface area contributed by atoms with Crippen LogP contribution in [0.25, 0.3) is 0 Å². The first-order valence-electron chi connectivity index (χ1n) is 5.29. The number of carbonyl (C=O) groups excluding carboxylic acids is 3. The summed E-state index contributed by atoms with van der Waals surface area (Å²) in [6.07, 6.45) is 0. The summed E-state index contributed by atoms with van der Waals surface area (Å²) in [5.74, 6) is -1.83. The lowest BCUT2D eigenvalue weighted by atomic mass is 10.2. The van der Waals surface area contributed by atoms with Crippen molar-refractivity contribution < 1.29 is 32.3 Å². The van der Waals surface area contributed by atoms with Crippen LogP contribution in [-0.2, 0) is 9.53 Å². The van der Waals surface area contributed by atoms with Crippen molar-refractivity contribution in [3.63, 3.8) is 0 Å². The molecule has 0 heterocycles. The number of benzene rings is 1. The number of carbonyl (C=O) groups is 3. The number of hydrogen-bond donors (Lipinski definition) is 2. The number of urea groups is 1. The quantitative estimate of drug-likeness (QED) is 0.649. The van der Waals surface area contributed by atoms with Gasteiger partial charge in [-0.1, -0.05) is 0 Å². The molecule has 0 fully saturated rings. The summed E-state index contributed by atoms with van der Waals surface area (Å²) in [4.78, 5) is 32.7. The largest absolute Gasteiger partial charge is 0.452 e. The van der Waals surface area contributed by atoms with Gasteiger partial charge in [-0.05, 0) is 36.0 Å². The van der Waals surface area contributed by atoms with Gasteiger partial charge in [-0.15, -0.1) is 0 Å². The number of thioether (sulfide) groups is 1. The van der Waals surface area contributed by atoms with Gasteiger partial charge in [-0.2, -0.15) is 13.2 Å². The van der Waals surface area contributed by atoms with Crippen molar-refractivity contribution in [2.45, 2.75) is 10.4 Å². The highest BCUT2D eigenvalue weighted by molar-refractivity contribution is 8.00. The van der Waals surface area contributed by atoms with E-state index in [1.807, 2.05) is 0 Å². The first-order chi connectivity index (χ1) is 9.67. The Balaban J connectivity index is 2.55. The van der Waals surface area contributed by atoms with Crippen molar-refractivity contribution in [1.82, 2.24) is 5.32 Å². The van der Waals surface area contributed by atoms with Gasteiger partial charge in [-0.3, -0.25) is 10.1 Å². The molecule has 0 spiro atoms. The smallest absolute Gasteiger partial charge is 0.446 e. The highest BCUT2D eigenvalue weighted by Gasteiger charge is 2.29. The number of nitrogens with one attached hydrogen (secondary N) is 1. The zero-order chi connectivity index (χ0) is 16.0. The second kappa shape index (κ2) is 6.97. The average molecular weight is 322 g/mol. The number of hydrogen-bond acceptors (Lipinski definition) is 5. The molecule has 0 aliphatic heterocycles. The molecule has 3 N–H and O–H groups in total. The van der Waals surface area contributed by atoms with Crippen molar-refractivity contribution in [1.29, 1.82) is 0 Å². The van der Waals surface area contributed by atoms with Crippen molar-refractivity contribution in [3.05, 3.63) is 29.8 Å². The molecule has 0 unspecified atom stereocenters. The summed E-state index contributed by atoms with van der Waals surface area (Å²) in [7, 11) is 0. The van der Waals surface area contributed by atoms with E-state index in [-0.39, 0.29) is 22.2 Å². The third-order valence-corrected chi connectivity index (χ3v) is 2.66. The lowest BCUT2D eigenvalue weighted by Gasteiger charge is -2.07. The molecule has 0 atom stereocenters. The number of amides is 3. The summed E-state index contributed by atoms with van der Waals surface area (Å²) in [5.41, 5.74) is 0.217. The van der Waals surface area contributed by atoms with Gasteiger partial charge in [0.15, 0.2) is 6.61 Å². The molecule has 0 aliphatic rings. The number of halogens is 3. The predicted molar refractivity (Wildman–Crippen MR) is 66.4 cm³/mol. The first kappa shape index (κ1) is 16.8. The molecule has 0 bridgehead atoms. The van der Waals surface area contributed by atoms with Gasteiger partial charge in [0.05, 0.1) is 5.56 Å². The van der Waals surface area contributed by atoms with E-state index < -0.39 is 30.0 Å². The van der Waals surface area contributed by atoms with Crippen LogP contribution in [0.3, 0.4) is 0 Å². The fourth-order valence-electron chi connectivity index (χ4n) is 1.18. The molecule has 0 aromatic heterocycles. The Hall–Kier alpha value is -2.23. The molecule has 1 aromatic carbocycles. The van der Waals surface area contributed by atoms with Crippen molar-refractivity contribution in [2.75, 3.05) is 6.61 Å². The van der Waals surface area contributed by atoms with Gasteiger partial charge in [0, 0.05) is 4.90 Å². The molecule has 114 valence electrons. The van der Waals surface area contributed by atoms with Gasteiger partial charge in [0.1, 0.15) is 0 Å². The zero-order valence-corrected chi connectivity index (χ0v) is 11.1. The van der Waals surface area contributed by atoms with Crippen LogP contribution in [0.4, 0.5) is 18.0 Å². The topological polar surface area (TPSA) is 98.5 Å². The van der Waals surface area contributed by atoms with Crippen LogP contribution in [0.1, 0.15) is 10.4 Å². The highest BCUT2D eigenvalue weighted by Crippen LogP contribution is 2.36. The van der Waals surface area contributed by atoms with Gasteiger partial charge in [0.2, 0.25) is 0 Å². The molecule has 6 nitrogen and oxygen atoms in total. The van der Waals surface area contributed by atoms with Crippen LogP contribution >= 0.6 is 11.8 Å². The minimum absolute atomic E-state index is 0.0339. The monoisotopic (exact) mass is 322 g/mol. The molecule has 0 radical (unpaired) electrons. The number of ether oxygens (including phenoxy) is 1. The Kier molecular flexibility index (Phi) is 5.59. The van der Waals surface area contributed by atoms with Crippen molar-refractivity contribution in [2.24, 2.45) is 5.73 Å². The molecule has 3 amide bonds. The molecule has 21 heavy (non-hydrogen) atoms. The lowest BCUT2D eigenvalue weighted by molar-refractivity contribution is -0.123. The zero-order valence-electron chi connectivity index (χ0n) is 10.3. The second-order valence-corrected chi connectivity index (χ2v) is 4.70. The van der Waals surface area contributed by atoms with E-state index in [1.165, 1.54) is 0 Å². The Bertz CT molecular complexity index is 545. The maximum atomic E-state index is 12.1. The summed E-state index contributed by atoms with van der Waals surface area (Å²) < 4.78 is 40.9. The lowest BCUT2D eigenvalue weighted by Crippen LogP contribution is -2.37. The number of nitrogens with two attached hydrogens (primary N) is 1. The SMILES string of the molecule is NC(=O)NC(=O)COC(=O)c1ccc(SC(F)(F)F)cc1. The van der Waals surface area contributed by atoms with E-state index in [1.54, 1.807) is 5.32 Å². The summed E-state index contributed by atoms with van der Waals surface area (Å²) in [5, 5.41) is 1.68. The summed E-state index contributed by atoms with van der Waals surface area (Å²) >= 11 is -0.321. The van der Waals surface area contributed by atoms with Gasteiger partial charge in [0.25, 0.3) is 5.91 Å². The van der Waals surface area contributed by atoms with Crippen LogP contribution in [0.15, 0.2) is 29.2 Å². The molecular weight excluding hydrogens is 313 g/mol. The van der Waals surface area contributed by atoms with E-state index >= 15 is 0 Å². The molecule has 0 aliphatic carbocycles. The summed E-state index contributed by atoms with van der Waals surface area (Å²) in [6, 6.07) is 3.35. The van der Waals surface area contributed by atoms with Gasteiger partial charge in [-0.25, -0.2) is 9.59 Å². The van der Waals surface area contributed by atoms with Crippen LogP contribution in [-0.4, -0.2) is 30.0 Å². The predicted octanol–water partition coefficient (Wildman–Crippen LogP) is 1.65. The molecule has 1 rings (SSSR count). The Morgan fingerprint density at radius 2 is 1.76 bits per heavy atom. The van der Waals surface area contributed by atoms with Crippen LogP contribution in [0.2, 0.25) is 0 Å². The Morgan fingerprint density at radius 1 is 1.19 bits per heavy atom. The van der Waals surface area contributed by atoms with E-state index in [2.05, 4.69) is 10.5 Å². The van der Waals surface area contributed by atoms with E-state index in [0.717, 1.165) is 24.3 Å². The molecule has 1 aromatic rings. The third-order valence-electron chi connectivity index (χ3n) is 1.92. The number of rotatable bonds is 4. The number of imide groups is 1. The number of alkyl halides is 3. The molecule has 0 saturated carbocycles. The molecule has 0 saturated heterocycles. The molecular formula is C11H9F3N2O4S. The van der Waals surface area contributed by atoms with Crippen LogP contribution < -0.4 is 11.1 Å². The van der Waals surface area contributed by atoms with Gasteiger partial charge >= 0.3 is 17.5 Å². The standard InChI is InChI=1S/C11H9F3N2O4S/c12-11(13,14)21-7-3-1-6(2-4-7)9(18)20-5-8(17)16-10(15)19/h1-4H,5H2,(H3,15,16,17,19). The normalized spacial score (nSPS) is 10.8. The minimum atomic E-state index is -4.42. The maximum absolute atomic E-state index is 12.1. The van der Waals surface area contributed by atoms with Crippen molar-refractivity contribution >= 4 is 29.7 Å².